The topological polar surface area (TPSA) is 105 Å². The van der Waals surface area contributed by atoms with Crippen LogP contribution in [-0.4, -0.2) is 33.2 Å². The number of halogens is 4. The Morgan fingerprint density at radius 3 is 2.32 bits per heavy atom. The van der Waals surface area contributed by atoms with E-state index >= 15 is 0 Å². The summed E-state index contributed by atoms with van der Waals surface area (Å²) in [6, 6.07) is 15.9. The van der Waals surface area contributed by atoms with Crippen LogP contribution in [0.3, 0.4) is 0 Å². The number of anilines is 1. The molecule has 1 aliphatic rings. The maximum atomic E-state index is 13.2. The third-order valence-electron chi connectivity index (χ3n) is 6.69. The highest BCUT2D eigenvalue weighted by Crippen LogP contribution is 2.39. The molecule has 1 heterocycles. The second-order valence-corrected chi connectivity index (χ2v) is 9.54. The summed E-state index contributed by atoms with van der Waals surface area (Å²) in [5.74, 6) is -1.50. The van der Waals surface area contributed by atoms with Crippen LogP contribution in [0.15, 0.2) is 72.8 Å². The van der Waals surface area contributed by atoms with E-state index in [1.165, 1.54) is 41.1 Å². The predicted molar refractivity (Wildman–Crippen MR) is 141 cm³/mol. The number of rotatable bonds is 7. The monoisotopic (exact) mass is 568 g/mol. The van der Waals surface area contributed by atoms with Crippen molar-refractivity contribution in [3.05, 3.63) is 95.4 Å². The third-order valence-corrected chi connectivity index (χ3v) is 6.69. The standard InChI is InChI=1S/C29H24F4N4O4/c30-20-8-4-17(5-9-20)16-34-28(40)37-25(18-2-1-3-18)15-24(36-37)23-13-10-21(14-26(23)38)35-27(39)19-6-11-22(12-7-19)41-29(31,32)33/h4-15,18,38H,1-3,16H2,(H,34,40)(H,35,39). The largest absolute Gasteiger partial charge is 0.573 e. The smallest absolute Gasteiger partial charge is 0.507 e. The Hall–Kier alpha value is -4.87. The number of amides is 2. The van der Waals surface area contributed by atoms with Gasteiger partial charge in [0.25, 0.3) is 5.91 Å². The van der Waals surface area contributed by atoms with Gasteiger partial charge in [0.2, 0.25) is 0 Å². The number of nitrogens with one attached hydrogen (secondary N) is 2. The number of hydrogen-bond donors (Lipinski definition) is 3. The van der Waals surface area contributed by atoms with Gasteiger partial charge in [-0.25, -0.2) is 9.18 Å². The number of carbonyl (C=O) groups excluding carboxylic acids is 2. The molecular formula is C29H24F4N4O4. The molecular weight excluding hydrogens is 544 g/mol. The average molecular weight is 569 g/mol. The van der Waals surface area contributed by atoms with Crippen molar-refractivity contribution in [3.8, 4) is 22.8 Å². The van der Waals surface area contributed by atoms with Crippen molar-refractivity contribution >= 4 is 17.6 Å². The quantitative estimate of drug-likeness (QED) is 0.219. The molecule has 0 aliphatic heterocycles. The van der Waals surface area contributed by atoms with E-state index in [-0.39, 0.29) is 35.3 Å². The Labute approximate surface area is 231 Å². The minimum atomic E-state index is -4.84. The number of phenolic OH excluding ortho intramolecular Hbond substituents is 1. The zero-order chi connectivity index (χ0) is 29.1. The van der Waals surface area contributed by atoms with E-state index in [0.29, 0.717) is 17.0 Å². The summed E-state index contributed by atoms with van der Waals surface area (Å²) in [7, 11) is 0. The van der Waals surface area contributed by atoms with E-state index in [1.807, 2.05) is 0 Å². The van der Waals surface area contributed by atoms with Gasteiger partial charge in [0, 0.05) is 35.3 Å². The molecule has 3 aromatic carbocycles. The van der Waals surface area contributed by atoms with E-state index in [1.54, 1.807) is 24.3 Å². The zero-order valence-corrected chi connectivity index (χ0v) is 21.4. The van der Waals surface area contributed by atoms with Crippen molar-refractivity contribution in [2.45, 2.75) is 38.1 Å². The predicted octanol–water partition coefficient (Wildman–Crippen LogP) is 6.57. The molecule has 1 aliphatic carbocycles. The van der Waals surface area contributed by atoms with Crippen molar-refractivity contribution in [1.29, 1.82) is 0 Å². The number of benzene rings is 3. The molecule has 0 saturated heterocycles. The number of aromatic nitrogens is 2. The van der Waals surface area contributed by atoms with Gasteiger partial charge in [-0.15, -0.1) is 13.2 Å². The molecule has 5 rings (SSSR count). The molecule has 0 unspecified atom stereocenters. The molecule has 2 amide bonds. The van der Waals surface area contributed by atoms with Gasteiger partial charge in [-0.2, -0.15) is 9.78 Å². The van der Waals surface area contributed by atoms with Crippen molar-refractivity contribution in [1.82, 2.24) is 15.1 Å². The van der Waals surface area contributed by atoms with E-state index in [2.05, 4.69) is 20.5 Å². The lowest BCUT2D eigenvalue weighted by atomic mass is 9.82. The molecule has 212 valence electrons. The Bertz CT molecular complexity index is 1560. The number of carbonyl (C=O) groups is 2. The second-order valence-electron chi connectivity index (χ2n) is 9.54. The summed E-state index contributed by atoms with van der Waals surface area (Å²) in [6.07, 6.45) is -2.02. The highest BCUT2D eigenvalue weighted by atomic mass is 19.4. The fourth-order valence-electron chi connectivity index (χ4n) is 4.38. The number of aromatic hydroxyl groups is 1. The summed E-state index contributed by atoms with van der Waals surface area (Å²) < 4.78 is 55.3. The van der Waals surface area contributed by atoms with Crippen LogP contribution in [0.5, 0.6) is 11.5 Å². The van der Waals surface area contributed by atoms with Crippen molar-refractivity contribution < 1.29 is 37.0 Å². The molecule has 0 atom stereocenters. The SMILES string of the molecule is O=C(Nc1ccc(-c2cc(C3CCC3)n(C(=O)NCc3ccc(F)cc3)n2)c(O)c1)c1ccc(OC(F)(F)F)cc1. The maximum Gasteiger partial charge on any atom is 0.573 e. The number of ether oxygens (including phenoxy) is 1. The van der Waals surface area contributed by atoms with Gasteiger partial charge in [0.15, 0.2) is 0 Å². The Kier molecular flexibility index (Phi) is 7.64. The first-order valence-electron chi connectivity index (χ1n) is 12.7. The number of hydrogen-bond acceptors (Lipinski definition) is 5. The fourth-order valence-corrected chi connectivity index (χ4v) is 4.38. The lowest BCUT2D eigenvalue weighted by Gasteiger charge is -2.25. The van der Waals surface area contributed by atoms with E-state index in [0.717, 1.165) is 37.0 Å². The summed E-state index contributed by atoms with van der Waals surface area (Å²) in [4.78, 5) is 25.6. The van der Waals surface area contributed by atoms with E-state index in [9.17, 15) is 32.3 Å². The molecule has 0 bridgehead atoms. The molecule has 1 aromatic heterocycles. The first-order chi connectivity index (χ1) is 19.6. The molecule has 3 N–H and O–H groups in total. The Morgan fingerprint density at radius 1 is 1.00 bits per heavy atom. The Balaban J connectivity index is 1.30. The highest BCUT2D eigenvalue weighted by molar-refractivity contribution is 6.04. The lowest BCUT2D eigenvalue weighted by molar-refractivity contribution is -0.274. The molecule has 0 radical (unpaired) electrons. The summed E-state index contributed by atoms with van der Waals surface area (Å²) in [5, 5.41) is 20.5. The number of phenols is 1. The maximum absolute atomic E-state index is 13.2. The van der Waals surface area contributed by atoms with Crippen molar-refractivity contribution in [3.63, 3.8) is 0 Å². The van der Waals surface area contributed by atoms with Gasteiger partial charge >= 0.3 is 12.4 Å². The summed E-state index contributed by atoms with van der Waals surface area (Å²) in [5.41, 5.74) is 2.44. The molecule has 12 heteroatoms. The first-order valence-corrected chi connectivity index (χ1v) is 12.7. The van der Waals surface area contributed by atoms with Crippen LogP contribution in [0.2, 0.25) is 0 Å². The molecule has 0 spiro atoms. The zero-order valence-electron chi connectivity index (χ0n) is 21.4. The third kappa shape index (κ3) is 6.65. The fraction of sp³-hybridized carbons (Fsp3) is 0.207. The molecule has 8 nitrogen and oxygen atoms in total. The van der Waals surface area contributed by atoms with Crippen LogP contribution in [0, 0.1) is 5.82 Å². The summed E-state index contributed by atoms with van der Waals surface area (Å²) in [6.45, 7) is 0.177. The first kappa shape index (κ1) is 27.7. The molecule has 41 heavy (non-hydrogen) atoms. The van der Waals surface area contributed by atoms with Gasteiger partial charge < -0.3 is 20.5 Å². The minimum absolute atomic E-state index is 0.0821. The van der Waals surface area contributed by atoms with Gasteiger partial charge in [-0.3, -0.25) is 4.79 Å². The van der Waals surface area contributed by atoms with Crippen LogP contribution >= 0.6 is 0 Å². The number of alkyl halides is 3. The van der Waals surface area contributed by atoms with Gasteiger partial charge in [-0.05, 0) is 73.0 Å². The van der Waals surface area contributed by atoms with Crippen LogP contribution in [-0.2, 0) is 6.54 Å². The van der Waals surface area contributed by atoms with E-state index in [4.69, 9.17) is 0 Å². The van der Waals surface area contributed by atoms with E-state index < -0.39 is 24.1 Å². The minimum Gasteiger partial charge on any atom is -0.507 e. The molecule has 4 aromatic rings. The van der Waals surface area contributed by atoms with Crippen molar-refractivity contribution in [2.24, 2.45) is 0 Å². The average Bonchev–Trinajstić information content (AvgIpc) is 3.31. The lowest BCUT2D eigenvalue weighted by Crippen LogP contribution is -2.31. The van der Waals surface area contributed by atoms with Gasteiger partial charge in [0.1, 0.15) is 17.3 Å². The second kappa shape index (κ2) is 11.3. The number of nitrogens with zero attached hydrogens (tertiary/aromatic N) is 2. The van der Waals surface area contributed by atoms with Gasteiger partial charge in [-0.1, -0.05) is 18.6 Å². The highest BCUT2D eigenvalue weighted by Gasteiger charge is 2.31. The molecule has 1 fully saturated rings. The van der Waals surface area contributed by atoms with Crippen LogP contribution in [0.25, 0.3) is 11.3 Å². The summed E-state index contributed by atoms with van der Waals surface area (Å²) >= 11 is 0. The Morgan fingerprint density at radius 2 is 1.71 bits per heavy atom. The van der Waals surface area contributed by atoms with Crippen LogP contribution in [0.4, 0.5) is 28.0 Å². The van der Waals surface area contributed by atoms with Crippen molar-refractivity contribution in [2.75, 3.05) is 5.32 Å². The van der Waals surface area contributed by atoms with Crippen LogP contribution in [0.1, 0.15) is 46.8 Å². The molecule has 1 saturated carbocycles. The van der Waals surface area contributed by atoms with Crippen LogP contribution < -0.4 is 15.4 Å². The normalized spacial score (nSPS) is 13.4. The van der Waals surface area contributed by atoms with Gasteiger partial charge in [0.05, 0.1) is 11.4 Å².